The lowest BCUT2D eigenvalue weighted by Crippen LogP contribution is -2.68. The van der Waals surface area contributed by atoms with Crippen LogP contribution in [0.25, 0.3) is 10.9 Å². The van der Waals surface area contributed by atoms with Crippen LogP contribution in [-0.4, -0.2) is 38.8 Å². The van der Waals surface area contributed by atoms with Gasteiger partial charge in [-0.3, -0.25) is 14.6 Å². The van der Waals surface area contributed by atoms with Crippen molar-refractivity contribution in [3.8, 4) is 0 Å². The van der Waals surface area contributed by atoms with E-state index in [1.165, 1.54) is 12.1 Å². The van der Waals surface area contributed by atoms with Gasteiger partial charge in [0.15, 0.2) is 0 Å². The lowest BCUT2D eigenvalue weighted by Gasteiger charge is -2.51. The van der Waals surface area contributed by atoms with Crippen LogP contribution in [0.1, 0.15) is 48.6 Å². The minimum absolute atomic E-state index is 0.0342. The van der Waals surface area contributed by atoms with E-state index in [1.54, 1.807) is 31.1 Å². The molecule has 1 aliphatic carbocycles. The number of hydrogen-bond acceptors (Lipinski definition) is 5. The highest BCUT2D eigenvalue weighted by atomic mass is 19.1. The summed E-state index contributed by atoms with van der Waals surface area (Å²) >= 11 is 0. The Balaban J connectivity index is 1.25. The van der Waals surface area contributed by atoms with Gasteiger partial charge >= 0.3 is 0 Å². The molecule has 0 radical (unpaired) electrons. The lowest BCUT2D eigenvalue weighted by molar-refractivity contribution is -0.150. The summed E-state index contributed by atoms with van der Waals surface area (Å²) in [5.41, 5.74) is 2.56. The minimum atomic E-state index is -0.994. The molecule has 2 N–H and O–H groups in total. The summed E-state index contributed by atoms with van der Waals surface area (Å²) in [6, 6.07) is 13.4. The van der Waals surface area contributed by atoms with Crippen LogP contribution < -0.4 is 10.6 Å². The predicted octanol–water partition coefficient (Wildman–Crippen LogP) is 4.52. The van der Waals surface area contributed by atoms with Gasteiger partial charge in [-0.1, -0.05) is 6.07 Å². The van der Waals surface area contributed by atoms with E-state index in [-0.39, 0.29) is 18.4 Å². The number of halogens is 2. The zero-order chi connectivity index (χ0) is 28.7. The largest absolute Gasteiger partial charge is 0.326 e. The number of pyridine rings is 2. The van der Waals surface area contributed by atoms with Crippen molar-refractivity contribution in [1.82, 2.24) is 20.2 Å². The Labute approximate surface area is 236 Å². The maximum atomic E-state index is 14.3. The van der Waals surface area contributed by atoms with Crippen LogP contribution in [0.2, 0.25) is 0 Å². The molecule has 2 aromatic carbocycles. The topological polar surface area (TPSA) is 87.2 Å². The highest BCUT2D eigenvalue weighted by molar-refractivity contribution is 6.06. The normalized spacial score (nSPS) is 24.6. The molecular weight excluding hydrogens is 524 g/mol. The number of benzene rings is 2. The number of nitrogens with zero attached hydrogens (tertiary/aromatic N) is 3. The Kier molecular flexibility index (Phi) is 5.41. The third-order valence-corrected chi connectivity index (χ3v) is 9.11. The molecule has 7 rings (SSSR count). The Morgan fingerprint density at radius 2 is 1.68 bits per heavy atom. The summed E-state index contributed by atoms with van der Waals surface area (Å²) in [5, 5.41) is 7.11. The molecule has 4 aromatic rings. The number of hydrogen-bond donors (Lipinski definition) is 2. The third-order valence-electron chi connectivity index (χ3n) is 9.11. The fraction of sp³-hybridized carbons (Fsp3) is 0.312. The lowest BCUT2D eigenvalue weighted by atomic mass is 9.79. The Morgan fingerprint density at radius 1 is 0.951 bits per heavy atom. The molecule has 9 heteroatoms. The second kappa shape index (κ2) is 8.63. The monoisotopic (exact) mass is 553 g/mol. The fourth-order valence-corrected chi connectivity index (χ4v) is 6.71. The molecule has 3 aliphatic rings. The highest BCUT2D eigenvalue weighted by Gasteiger charge is 2.51. The van der Waals surface area contributed by atoms with Gasteiger partial charge in [0, 0.05) is 42.5 Å². The number of carbonyl (C=O) groups excluding carboxylic acids is 2. The standard InChI is InChI=1S/C32H29F2N5O2/c1-30(2)29(41)39(31(3,17-37-30)22-10-23(33)12-24(34)11-22)16-18-7-19-8-20-13-32(14-21(20)9-26(19)36-15-18)25-5-4-6-35-27(25)38-28(32)40/h4-12,15,37H,13-14,16-17H2,1-3H3,(H,35,38,40). The molecule has 1 spiro atoms. The van der Waals surface area contributed by atoms with Gasteiger partial charge in [0.25, 0.3) is 0 Å². The second-order valence-corrected chi connectivity index (χ2v) is 12.2. The van der Waals surface area contributed by atoms with Gasteiger partial charge in [0.1, 0.15) is 17.5 Å². The molecule has 2 aromatic heterocycles. The van der Waals surface area contributed by atoms with Crippen LogP contribution in [-0.2, 0) is 39.9 Å². The number of piperazine rings is 1. The molecule has 2 amide bonds. The average Bonchev–Trinajstić information content (AvgIpc) is 3.43. The first kappa shape index (κ1) is 25.7. The van der Waals surface area contributed by atoms with Crippen molar-refractivity contribution in [2.45, 2.75) is 56.7 Å². The van der Waals surface area contributed by atoms with Crippen molar-refractivity contribution in [3.05, 3.63) is 100 Å². The van der Waals surface area contributed by atoms with Crippen molar-refractivity contribution in [3.63, 3.8) is 0 Å². The molecule has 2 atom stereocenters. The van der Waals surface area contributed by atoms with Crippen LogP contribution in [0.3, 0.4) is 0 Å². The van der Waals surface area contributed by atoms with Gasteiger partial charge in [-0.05, 0) is 92.3 Å². The number of nitrogens with one attached hydrogen (secondary N) is 2. The van der Waals surface area contributed by atoms with Crippen molar-refractivity contribution in [1.29, 1.82) is 0 Å². The molecule has 1 saturated heterocycles. The van der Waals surface area contributed by atoms with Gasteiger partial charge in [-0.15, -0.1) is 0 Å². The number of aromatic nitrogens is 2. The molecule has 4 heterocycles. The summed E-state index contributed by atoms with van der Waals surface area (Å²) in [7, 11) is 0. The Bertz CT molecular complexity index is 1770. The quantitative estimate of drug-likeness (QED) is 0.390. The van der Waals surface area contributed by atoms with Crippen LogP contribution in [0.4, 0.5) is 14.6 Å². The summed E-state index contributed by atoms with van der Waals surface area (Å²) < 4.78 is 28.5. The summed E-state index contributed by atoms with van der Waals surface area (Å²) in [6.07, 6.45) is 4.58. The summed E-state index contributed by atoms with van der Waals surface area (Å²) in [6.45, 7) is 5.96. The number of anilines is 1. The molecular formula is C32H29F2N5O2. The van der Waals surface area contributed by atoms with Gasteiger partial charge in [-0.2, -0.15) is 0 Å². The third kappa shape index (κ3) is 3.86. The van der Waals surface area contributed by atoms with E-state index in [4.69, 9.17) is 4.98 Å². The van der Waals surface area contributed by atoms with Gasteiger partial charge in [-0.25, -0.2) is 13.8 Å². The molecule has 41 heavy (non-hydrogen) atoms. The first-order chi connectivity index (χ1) is 19.5. The second-order valence-electron chi connectivity index (χ2n) is 12.2. The van der Waals surface area contributed by atoms with Crippen LogP contribution in [0.5, 0.6) is 0 Å². The van der Waals surface area contributed by atoms with E-state index in [2.05, 4.69) is 21.7 Å². The first-order valence-corrected chi connectivity index (χ1v) is 13.7. The summed E-state index contributed by atoms with van der Waals surface area (Å²) in [5.74, 6) is -0.960. The zero-order valence-corrected chi connectivity index (χ0v) is 23.0. The number of fused-ring (bicyclic) bond motifs is 4. The first-order valence-electron chi connectivity index (χ1n) is 13.7. The van der Waals surface area contributed by atoms with Gasteiger partial charge in [0.2, 0.25) is 11.8 Å². The van der Waals surface area contributed by atoms with E-state index >= 15 is 0 Å². The molecule has 2 unspecified atom stereocenters. The predicted molar refractivity (Wildman–Crippen MR) is 150 cm³/mol. The van der Waals surface area contributed by atoms with Crippen LogP contribution in [0.15, 0.2) is 60.9 Å². The van der Waals surface area contributed by atoms with Crippen LogP contribution >= 0.6 is 0 Å². The van der Waals surface area contributed by atoms with E-state index < -0.39 is 28.1 Å². The van der Waals surface area contributed by atoms with Crippen molar-refractivity contribution in [2.24, 2.45) is 0 Å². The Hall–Kier alpha value is -4.24. The van der Waals surface area contributed by atoms with E-state index in [9.17, 15) is 18.4 Å². The zero-order valence-electron chi connectivity index (χ0n) is 23.0. The Morgan fingerprint density at radius 3 is 2.44 bits per heavy atom. The smallest absolute Gasteiger partial charge is 0.243 e. The maximum absolute atomic E-state index is 14.3. The SMILES string of the molecule is CC1(C)NCC(C)(c2cc(F)cc(F)c2)N(Cc2cnc3cc4c(cc3c2)CC2(C4)C(=O)Nc3ncccc32)C1=O. The average molecular weight is 554 g/mol. The fourth-order valence-electron chi connectivity index (χ4n) is 6.71. The van der Waals surface area contributed by atoms with Crippen molar-refractivity contribution in [2.75, 3.05) is 11.9 Å². The van der Waals surface area contributed by atoms with E-state index in [1.807, 2.05) is 31.2 Å². The van der Waals surface area contributed by atoms with Crippen LogP contribution in [0, 0.1) is 11.6 Å². The van der Waals surface area contributed by atoms with Gasteiger partial charge < -0.3 is 15.5 Å². The number of amides is 2. The van der Waals surface area contributed by atoms with Crippen molar-refractivity contribution < 1.29 is 18.4 Å². The molecule has 0 saturated carbocycles. The molecule has 0 bridgehead atoms. The molecule has 7 nitrogen and oxygen atoms in total. The van der Waals surface area contributed by atoms with E-state index in [0.717, 1.165) is 39.2 Å². The van der Waals surface area contributed by atoms with Crippen molar-refractivity contribution >= 4 is 28.5 Å². The maximum Gasteiger partial charge on any atom is 0.243 e. The van der Waals surface area contributed by atoms with E-state index in [0.29, 0.717) is 30.8 Å². The molecule has 1 fully saturated rings. The summed E-state index contributed by atoms with van der Waals surface area (Å²) in [4.78, 5) is 37.6. The van der Waals surface area contributed by atoms with Gasteiger partial charge in [0.05, 0.1) is 22.0 Å². The minimum Gasteiger partial charge on any atom is -0.326 e. The number of carbonyl (C=O) groups is 2. The number of rotatable bonds is 3. The highest BCUT2D eigenvalue weighted by Crippen LogP contribution is 2.47. The molecule has 2 aliphatic heterocycles. The molecule has 208 valence electrons.